The first kappa shape index (κ1) is 26.5. The fraction of sp³-hybridized carbons (Fsp3) is 0.419. The van der Waals surface area contributed by atoms with E-state index < -0.39 is 5.97 Å². The Morgan fingerprint density at radius 1 is 0.743 bits per heavy atom. The summed E-state index contributed by atoms with van der Waals surface area (Å²) in [7, 11) is 0. The molecule has 4 nitrogen and oxygen atoms in total. The molecule has 0 saturated heterocycles. The van der Waals surface area contributed by atoms with Crippen molar-refractivity contribution in [2.45, 2.75) is 70.3 Å². The largest absolute Gasteiger partial charge is 0.463 e. The molecule has 1 aliphatic carbocycles. The third-order valence-corrected chi connectivity index (χ3v) is 6.98. The third-order valence-electron chi connectivity index (χ3n) is 6.98. The number of rotatable bonds is 13. The van der Waals surface area contributed by atoms with Gasteiger partial charge in [-0.15, -0.1) is 0 Å². The number of esters is 2. The number of carbonyl (C=O) groups excluding carboxylic acids is 2. The molecule has 2 aromatic carbocycles. The van der Waals surface area contributed by atoms with Gasteiger partial charge in [-0.3, -0.25) is 0 Å². The van der Waals surface area contributed by atoms with Crippen LogP contribution in [-0.4, -0.2) is 18.5 Å². The second-order valence-corrected chi connectivity index (χ2v) is 9.42. The summed E-state index contributed by atoms with van der Waals surface area (Å²) in [6.45, 7) is 7.59. The molecule has 0 amide bonds. The number of ether oxygens (including phenoxy) is 2. The molecule has 186 valence electrons. The number of benzene rings is 2. The zero-order chi connectivity index (χ0) is 24.9. The van der Waals surface area contributed by atoms with Gasteiger partial charge in [0.05, 0.1) is 6.61 Å². The lowest BCUT2D eigenvalue weighted by atomic mass is 9.77. The predicted octanol–water partition coefficient (Wildman–Crippen LogP) is 7.54. The zero-order valence-corrected chi connectivity index (χ0v) is 20.8. The third kappa shape index (κ3) is 8.86. The van der Waals surface area contributed by atoms with E-state index in [2.05, 4.69) is 49.6 Å². The summed E-state index contributed by atoms with van der Waals surface area (Å²) in [5, 5.41) is 0. The minimum atomic E-state index is -0.403. The second kappa shape index (κ2) is 14.3. The van der Waals surface area contributed by atoms with Gasteiger partial charge in [-0.2, -0.15) is 0 Å². The van der Waals surface area contributed by atoms with Crippen LogP contribution >= 0.6 is 0 Å². The van der Waals surface area contributed by atoms with E-state index in [-0.39, 0.29) is 12.6 Å². The van der Waals surface area contributed by atoms with E-state index in [0.717, 1.165) is 29.9 Å². The minimum Gasteiger partial charge on any atom is -0.463 e. The normalized spacial score (nSPS) is 17.4. The number of carbonyl (C=O) groups is 2. The van der Waals surface area contributed by atoms with Gasteiger partial charge in [-0.05, 0) is 66.2 Å². The van der Waals surface area contributed by atoms with Crippen molar-refractivity contribution in [1.82, 2.24) is 0 Å². The molecule has 0 aliphatic heterocycles. The van der Waals surface area contributed by atoms with Crippen LogP contribution in [0.1, 0.15) is 74.8 Å². The quantitative estimate of drug-likeness (QED) is 0.171. The molecule has 0 bridgehead atoms. The Kier molecular flexibility index (Phi) is 10.8. The van der Waals surface area contributed by atoms with Gasteiger partial charge in [0.25, 0.3) is 0 Å². The van der Waals surface area contributed by atoms with E-state index in [1.165, 1.54) is 68.2 Å². The molecule has 1 saturated carbocycles. The molecule has 0 radical (unpaired) electrons. The maximum atomic E-state index is 11.2. The zero-order valence-electron chi connectivity index (χ0n) is 20.8. The van der Waals surface area contributed by atoms with Crippen LogP contribution < -0.4 is 0 Å². The van der Waals surface area contributed by atoms with Crippen molar-refractivity contribution in [3.05, 3.63) is 85.0 Å². The average Bonchev–Trinajstić information content (AvgIpc) is 2.91. The summed E-state index contributed by atoms with van der Waals surface area (Å²) in [5.74, 6) is 0.797. The van der Waals surface area contributed by atoms with Gasteiger partial charge in [0, 0.05) is 12.2 Å². The highest BCUT2D eigenvalue weighted by Gasteiger charge is 2.22. The van der Waals surface area contributed by atoms with Gasteiger partial charge in [0.2, 0.25) is 0 Å². The van der Waals surface area contributed by atoms with Gasteiger partial charge < -0.3 is 9.47 Å². The standard InChI is InChI=1S/C31H38O4/c1-3-30(32)34-22-8-6-5-7-9-24-10-14-26(15-11-24)28-18-20-29(21-19-28)27-16-12-25(13-17-27)23-35-31(33)4-2/h3-4,12-13,16-21,24,26H,1-2,5-11,14-15,22-23H2. The number of hydrogen-bond acceptors (Lipinski definition) is 4. The Balaban J connectivity index is 1.36. The maximum Gasteiger partial charge on any atom is 0.330 e. The molecule has 0 atom stereocenters. The summed E-state index contributed by atoms with van der Waals surface area (Å²) in [5.41, 5.74) is 4.79. The molecule has 3 rings (SSSR count). The van der Waals surface area contributed by atoms with Gasteiger partial charge in [0.15, 0.2) is 0 Å². The van der Waals surface area contributed by atoms with Gasteiger partial charge in [0.1, 0.15) is 6.61 Å². The van der Waals surface area contributed by atoms with Crippen LogP contribution in [0.3, 0.4) is 0 Å². The van der Waals surface area contributed by atoms with Crippen molar-refractivity contribution in [2.24, 2.45) is 5.92 Å². The summed E-state index contributed by atoms with van der Waals surface area (Å²) < 4.78 is 10.1. The molecule has 35 heavy (non-hydrogen) atoms. The van der Waals surface area contributed by atoms with Crippen molar-refractivity contribution in [3.63, 3.8) is 0 Å². The molecule has 4 heteroatoms. The lowest BCUT2D eigenvalue weighted by Crippen LogP contribution is -2.13. The minimum absolute atomic E-state index is 0.264. The summed E-state index contributed by atoms with van der Waals surface area (Å²) in [6.07, 6.45) is 13.5. The molecule has 2 aromatic rings. The lowest BCUT2D eigenvalue weighted by molar-refractivity contribution is -0.139. The number of unbranched alkanes of at least 4 members (excludes halogenated alkanes) is 3. The molecule has 1 aliphatic rings. The lowest BCUT2D eigenvalue weighted by Gasteiger charge is -2.29. The fourth-order valence-electron chi connectivity index (χ4n) is 4.86. The van der Waals surface area contributed by atoms with E-state index in [9.17, 15) is 9.59 Å². The van der Waals surface area contributed by atoms with Crippen LogP contribution in [0.25, 0.3) is 11.1 Å². The van der Waals surface area contributed by atoms with Crippen LogP contribution in [0.2, 0.25) is 0 Å². The van der Waals surface area contributed by atoms with E-state index in [1.54, 1.807) is 0 Å². The Bertz CT molecular complexity index is 950. The first-order valence-electron chi connectivity index (χ1n) is 12.9. The molecule has 0 unspecified atom stereocenters. The van der Waals surface area contributed by atoms with E-state index in [1.807, 2.05) is 12.1 Å². The van der Waals surface area contributed by atoms with E-state index in [0.29, 0.717) is 12.5 Å². The Labute approximate surface area is 210 Å². The Hall–Kier alpha value is -3.14. The monoisotopic (exact) mass is 474 g/mol. The second-order valence-electron chi connectivity index (χ2n) is 9.42. The molecule has 0 N–H and O–H groups in total. The van der Waals surface area contributed by atoms with Crippen molar-refractivity contribution >= 4 is 11.9 Å². The van der Waals surface area contributed by atoms with E-state index in [4.69, 9.17) is 9.47 Å². The smallest absolute Gasteiger partial charge is 0.330 e. The maximum absolute atomic E-state index is 11.2. The molecule has 0 aromatic heterocycles. The highest BCUT2D eigenvalue weighted by molar-refractivity contribution is 5.81. The van der Waals surface area contributed by atoms with Crippen molar-refractivity contribution in [3.8, 4) is 11.1 Å². The predicted molar refractivity (Wildman–Crippen MR) is 141 cm³/mol. The molecule has 0 heterocycles. The average molecular weight is 475 g/mol. The van der Waals surface area contributed by atoms with Gasteiger partial charge in [-0.1, -0.05) is 87.4 Å². The Morgan fingerprint density at radius 3 is 1.94 bits per heavy atom. The molecule has 1 fully saturated rings. The van der Waals surface area contributed by atoms with Crippen molar-refractivity contribution < 1.29 is 19.1 Å². The summed E-state index contributed by atoms with van der Waals surface area (Å²) >= 11 is 0. The molecule has 0 spiro atoms. The van der Waals surface area contributed by atoms with Crippen molar-refractivity contribution in [2.75, 3.05) is 6.61 Å². The topological polar surface area (TPSA) is 52.6 Å². The summed E-state index contributed by atoms with van der Waals surface area (Å²) in [6, 6.07) is 17.2. The number of hydrogen-bond donors (Lipinski definition) is 0. The van der Waals surface area contributed by atoms with E-state index >= 15 is 0 Å². The first-order chi connectivity index (χ1) is 17.1. The SMILES string of the molecule is C=CC(=O)OCCCCCCC1CCC(c2ccc(-c3ccc(COC(=O)C=C)cc3)cc2)CC1. The Morgan fingerprint density at radius 2 is 1.31 bits per heavy atom. The van der Waals surface area contributed by atoms with Gasteiger partial charge >= 0.3 is 11.9 Å². The molecular weight excluding hydrogens is 436 g/mol. The highest BCUT2D eigenvalue weighted by atomic mass is 16.5. The van der Waals surface area contributed by atoms with Crippen LogP contribution in [-0.2, 0) is 25.7 Å². The van der Waals surface area contributed by atoms with Crippen LogP contribution in [0.5, 0.6) is 0 Å². The van der Waals surface area contributed by atoms with Crippen molar-refractivity contribution in [1.29, 1.82) is 0 Å². The van der Waals surface area contributed by atoms with Crippen LogP contribution in [0, 0.1) is 5.92 Å². The summed E-state index contributed by atoms with van der Waals surface area (Å²) in [4.78, 5) is 22.2. The van der Waals surface area contributed by atoms with Crippen LogP contribution in [0.15, 0.2) is 73.8 Å². The van der Waals surface area contributed by atoms with Crippen LogP contribution in [0.4, 0.5) is 0 Å². The highest BCUT2D eigenvalue weighted by Crippen LogP contribution is 2.38. The molecular formula is C31H38O4. The fourth-order valence-corrected chi connectivity index (χ4v) is 4.86. The van der Waals surface area contributed by atoms with Gasteiger partial charge in [-0.25, -0.2) is 9.59 Å². The first-order valence-corrected chi connectivity index (χ1v) is 12.9.